The molecule has 0 fully saturated rings. The Bertz CT molecular complexity index is 713. The molecule has 1 aromatic carbocycles. The van der Waals surface area contributed by atoms with Crippen molar-refractivity contribution in [3.05, 3.63) is 45.3 Å². The third-order valence-electron chi connectivity index (χ3n) is 3.38. The molecule has 0 aliphatic heterocycles. The Balaban J connectivity index is 2.07. The number of ether oxygens (including phenoxy) is 1. The summed E-state index contributed by atoms with van der Waals surface area (Å²) in [6.07, 6.45) is 1.90. The number of tetrazole rings is 1. The lowest BCUT2D eigenvalue weighted by Gasteiger charge is -2.07. The maximum atomic E-state index is 12.1. The Morgan fingerprint density at radius 1 is 1.43 bits per heavy atom. The van der Waals surface area contributed by atoms with Crippen LogP contribution in [0.4, 0.5) is 5.69 Å². The molecule has 0 aliphatic carbocycles. The van der Waals surface area contributed by atoms with Crippen LogP contribution >= 0.6 is 0 Å². The minimum absolute atomic E-state index is 0.0856. The van der Waals surface area contributed by atoms with E-state index < -0.39 is 10.9 Å². The van der Waals surface area contributed by atoms with Crippen molar-refractivity contribution in [2.45, 2.75) is 39.8 Å². The Kier molecular flexibility index (Phi) is 5.34. The molecule has 0 unspecified atom stereocenters. The van der Waals surface area contributed by atoms with E-state index in [4.69, 9.17) is 4.74 Å². The number of esters is 1. The van der Waals surface area contributed by atoms with E-state index in [2.05, 4.69) is 22.4 Å². The molecule has 0 radical (unpaired) electrons. The third kappa shape index (κ3) is 3.87. The van der Waals surface area contributed by atoms with Gasteiger partial charge in [0.1, 0.15) is 0 Å². The maximum Gasteiger partial charge on any atom is 0.339 e. The number of hydrogen-bond acceptors (Lipinski definition) is 7. The molecule has 1 heterocycles. The monoisotopic (exact) mass is 319 g/mol. The molecule has 122 valence electrons. The number of unbranched alkanes of at least 4 members (excludes halogenated alkanes) is 1. The second kappa shape index (κ2) is 7.43. The van der Waals surface area contributed by atoms with E-state index in [1.165, 1.54) is 25.1 Å². The zero-order valence-corrected chi connectivity index (χ0v) is 12.9. The molecule has 2 aromatic rings. The summed E-state index contributed by atoms with van der Waals surface area (Å²) in [6.45, 7) is 4.12. The highest BCUT2D eigenvalue weighted by atomic mass is 16.6. The van der Waals surface area contributed by atoms with Crippen molar-refractivity contribution in [1.29, 1.82) is 0 Å². The maximum absolute atomic E-state index is 12.1. The molecule has 0 saturated heterocycles. The lowest BCUT2D eigenvalue weighted by Crippen LogP contribution is -2.12. The Morgan fingerprint density at radius 3 is 2.91 bits per heavy atom. The summed E-state index contributed by atoms with van der Waals surface area (Å²) in [6, 6.07) is 4.29. The van der Waals surface area contributed by atoms with E-state index >= 15 is 0 Å². The molecular weight excluding hydrogens is 302 g/mol. The van der Waals surface area contributed by atoms with Gasteiger partial charge in [-0.05, 0) is 29.8 Å². The fourth-order valence-electron chi connectivity index (χ4n) is 2.06. The van der Waals surface area contributed by atoms with Crippen LogP contribution in [-0.4, -0.2) is 31.1 Å². The fraction of sp³-hybridized carbons (Fsp3) is 0.429. The number of hydrogen-bond donors (Lipinski definition) is 0. The first-order chi connectivity index (χ1) is 11.0. The van der Waals surface area contributed by atoms with Gasteiger partial charge in [0.2, 0.25) is 0 Å². The highest BCUT2D eigenvalue weighted by Gasteiger charge is 2.19. The number of nitro groups is 1. The summed E-state index contributed by atoms with van der Waals surface area (Å²) in [7, 11) is 0. The molecule has 0 aliphatic rings. The minimum atomic E-state index is -0.642. The molecule has 1 aromatic heterocycles. The number of nitrogens with zero attached hydrogens (tertiary/aromatic N) is 5. The highest BCUT2D eigenvalue weighted by Crippen LogP contribution is 2.21. The fourth-order valence-corrected chi connectivity index (χ4v) is 2.06. The zero-order chi connectivity index (χ0) is 16.8. The van der Waals surface area contributed by atoms with Gasteiger partial charge in [-0.2, -0.15) is 0 Å². The van der Waals surface area contributed by atoms with Crippen LogP contribution in [0.5, 0.6) is 0 Å². The Labute approximate surface area is 132 Å². The van der Waals surface area contributed by atoms with Crippen molar-refractivity contribution in [3.8, 4) is 0 Å². The largest absolute Gasteiger partial charge is 0.454 e. The average Bonchev–Trinajstić information content (AvgIpc) is 2.97. The van der Waals surface area contributed by atoms with Gasteiger partial charge in [-0.1, -0.05) is 19.4 Å². The minimum Gasteiger partial charge on any atom is -0.454 e. The average molecular weight is 319 g/mol. The van der Waals surface area contributed by atoms with Gasteiger partial charge in [0.15, 0.2) is 12.4 Å². The van der Waals surface area contributed by atoms with Gasteiger partial charge < -0.3 is 4.74 Å². The first kappa shape index (κ1) is 16.5. The van der Waals surface area contributed by atoms with E-state index in [-0.39, 0.29) is 23.4 Å². The second-order valence-electron chi connectivity index (χ2n) is 4.95. The van der Waals surface area contributed by atoms with Crippen LogP contribution in [0, 0.1) is 17.0 Å². The van der Waals surface area contributed by atoms with Crippen molar-refractivity contribution in [2.75, 3.05) is 0 Å². The molecular formula is C14H17N5O4. The topological polar surface area (TPSA) is 113 Å². The molecule has 9 heteroatoms. The van der Waals surface area contributed by atoms with Crippen LogP contribution in [0.15, 0.2) is 18.2 Å². The second-order valence-corrected chi connectivity index (χ2v) is 4.95. The number of carbonyl (C=O) groups is 1. The lowest BCUT2D eigenvalue weighted by atomic mass is 10.1. The van der Waals surface area contributed by atoms with Gasteiger partial charge in [-0.3, -0.25) is 10.1 Å². The molecule has 0 saturated carbocycles. The van der Waals surface area contributed by atoms with Gasteiger partial charge >= 0.3 is 5.97 Å². The zero-order valence-electron chi connectivity index (χ0n) is 12.9. The van der Waals surface area contributed by atoms with Crippen LogP contribution < -0.4 is 0 Å². The quantitative estimate of drug-likeness (QED) is 0.436. The van der Waals surface area contributed by atoms with Gasteiger partial charge in [-0.15, -0.1) is 5.10 Å². The van der Waals surface area contributed by atoms with Crippen LogP contribution in [0.3, 0.4) is 0 Å². The summed E-state index contributed by atoms with van der Waals surface area (Å²) in [5, 5.41) is 22.1. The molecule has 0 spiro atoms. The van der Waals surface area contributed by atoms with Crippen LogP contribution in [0.25, 0.3) is 0 Å². The van der Waals surface area contributed by atoms with Crippen LogP contribution in [-0.2, 0) is 17.9 Å². The summed E-state index contributed by atoms with van der Waals surface area (Å²) >= 11 is 0. The number of rotatable bonds is 7. The van der Waals surface area contributed by atoms with E-state index in [9.17, 15) is 14.9 Å². The summed E-state index contributed by atoms with van der Waals surface area (Å²) in [4.78, 5) is 22.5. The number of carbonyl (C=O) groups excluding carboxylic acids is 1. The molecule has 9 nitrogen and oxygen atoms in total. The number of aryl methyl sites for hydroxylation is 1. The third-order valence-corrected chi connectivity index (χ3v) is 3.38. The van der Waals surface area contributed by atoms with Gasteiger partial charge in [0.05, 0.1) is 10.5 Å². The molecule has 23 heavy (non-hydrogen) atoms. The van der Waals surface area contributed by atoms with Crippen LogP contribution in [0.2, 0.25) is 0 Å². The van der Waals surface area contributed by atoms with E-state index in [1.807, 2.05) is 0 Å². The SMILES string of the molecule is CCCCn1nnnc1COC(=O)c1cccc([N+](=O)[O-])c1C. The van der Waals surface area contributed by atoms with Crippen molar-refractivity contribution < 1.29 is 14.5 Å². The summed E-state index contributed by atoms with van der Waals surface area (Å²) in [5.41, 5.74) is 0.312. The number of nitro benzene ring substituents is 1. The predicted molar refractivity (Wildman–Crippen MR) is 79.7 cm³/mol. The van der Waals surface area contributed by atoms with Crippen LogP contribution in [0.1, 0.15) is 41.5 Å². The summed E-state index contributed by atoms with van der Waals surface area (Å²) in [5.74, 6) is -0.203. The van der Waals surface area contributed by atoms with Gasteiger partial charge in [0.25, 0.3) is 5.69 Å². The first-order valence-electron chi connectivity index (χ1n) is 7.20. The van der Waals surface area contributed by atoms with Gasteiger partial charge in [-0.25, -0.2) is 9.48 Å². The highest BCUT2D eigenvalue weighted by molar-refractivity contribution is 5.92. The van der Waals surface area contributed by atoms with Crippen molar-refractivity contribution in [3.63, 3.8) is 0 Å². The number of aromatic nitrogens is 4. The van der Waals surface area contributed by atoms with E-state index in [0.717, 1.165) is 12.8 Å². The van der Waals surface area contributed by atoms with Gasteiger partial charge in [0, 0.05) is 18.2 Å². The molecule has 0 amide bonds. The number of benzene rings is 1. The van der Waals surface area contributed by atoms with Crippen molar-refractivity contribution >= 4 is 11.7 Å². The Hall–Kier alpha value is -2.84. The molecule has 0 bridgehead atoms. The smallest absolute Gasteiger partial charge is 0.339 e. The first-order valence-corrected chi connectivity index (χ1v) is 7.20. The van der Waals surface area contributed by atoms with E-state index in [0.29, 0.717) is 12.4 Å². The van der Waals surface area contributed by atoms with Crippen molar-refractivity contribution in [2.24, 2.45) is 0 Å². The molecule has 0 N–H and O–H groups in total. The normalized spacial score (nSPS) is 10.5. The standard InChI is InChI=1S/C14H17N5O4/c1-3-4-8-18-13(15-16-17-18)9-23-14(20)11-6-5-7-12(10(11)2)19(21)22/h5-7H,3-4,8-9H2,1-2H3. The molecule has 2 rings (SSSR count). The predicted octanol–water partition coefficient (Wildman–Crippen LogP) is 2.05. The lowest BCUT2D eigenvalue weighted by molar-refractivity contribution is -0.385. The Morgan fingerprint density at radius 2 is 2.22 bits per heavy atom. The van der Waals surface area contributed by atoms with Crippen molar-refractivity contribution in [1.82, 2.24) is 20.2 Å². The molecule has 0 atom stereocenters. The summed E-state index contributed by atoms with van der Waals surface area (Å²) < 4.78 is 6.76. The van der Waals surface area contributed by atoms with E-state index in [1.54, 1.807) is 4.68 Å².